The molecule has 43 heavy (non-hydrogen) atoms. The Kier molecular flexibility index (Phi) is 7.75. The summed E-state index contributed by atoms with van der Waals surface area (Å²) in [5.74, 6) is -1.37. The van der Waals surface area contributed by atoms with E-state index in [2.05, 4.69) is 30.5 Å². The molecule has 0 radical (unpaired) electrons. The van der Waals surface area contributed by atoms with Gasteiger partial charge in [0.1, 0.15) is 11.9 Å². The summed E-state index contributed by atoms with van der Waals surface area (Å²) >= 11 is 0. The molecule has 3 aliphatic rings. The largest absolute Gasteiger partial charge is 0.417 e. The lowest BCUT2D eigenvalue weighted by molar-refractivity contribution is -0.138. The zero-order chi connectivity index (χ0) is 30.1. The van der Waals surface area contributed by atoms with Crippen LogP contribution in [0.25, 0.3) is 11.1 Å². The predicted molar refractivity (Wildman–Crippen MR) is 147 cm³/mol. The quantitative estimate of drug-likeness (QED) is 0.379. The number of aromatic nitrogens is 3. The highest BCUT2D eigenvalue weighted by Gasteiger charge is 2.37. The molecule has 3 N–H and O–H groups in total. The molecule has 2 fully saturated rings. The van der Waals surface area contributed by atoms with Crippen LogP contribution in [0.4, 0.5) is 29.2 Å². The molecule has 1 amide bonds. The molecule has 2 aromatic heterocycles. The van der Waals surface area contributed by atoms with Gasteiger partial charge in [0.15, 0.2) is 0 Å². The number of hydrogen-bond donors (Lipinski definition) is 3. The molecule has 0 bridgehead atoms. The molecule has 6 rings (SSSR count). The lowest BCUT2D eigenvalue weighted by atomic mass is 9.96. The minimum atomic E-state index is -4.97. The Morgan fingerprint density at radius 1 is 1.02 bits per heavy atom. The molecular weight excluding hydrogens is 574 g/mol. The maximum atomic E-state index is 15.8. The Morgan fingerprint density at radius 3 is 2.51 bits per heavy atom. The third-order valence-electron chi connectivity index (χ3n) is 7.44. The molecule has 3 aromatic rings. The molecule has 0 spiro atoms. The lowest BCUT2D eigenvalue weighted by Gasteiger charge is -2.40. The van der Waals surface area contributed by atoms with Crippen molar-refractivity contribution in [3.05, 3.63) is 81.5 Å². The van der Waals surface area contributed by atoms with Crippen LogP contribution in [0.5, 0.6) is 0 Å². The van der Waals surface area contributed by atoms with Gasteiger partial charge in [-0.3, -0.25) is 9.59 Å². The van der Waals surface area contributed by atoms with Crippen LogP contribution in [0, 0.1) is 5.82 Å². The Morgan fingerprint density at radius 2 is 1.77 bits per heavy atom. The highest BCUT2D eigenvalue weighted by atomic mass is 19.4. The van der Waals surface area contributed by atoms with Crippen LogP contribution >= 0.6 is 0 Å². The van der Waals surface area contributed by atoms with E-state index in [9.17, 15) is 22.8 Å². The molecule has 15 heteroatoms. The number of benzene rings is 1. The molecule has 226 valence electrons. The third-order valence-corrected chi connectivity index (χ3v) is 7.44. The molecule has 3 aliphatic heterocycles. The standard InChI is InChI=1S/C28H27F4N7O4/c29-21-9-18(25-23-15-33-1-2-38(23)5-8-43-25)22(37-26(41)19-14-34-24(40)11-20(19)28(30,31)32)10-17(21)16-12-35-27(36-13-16)39-3-6-42-7-4-39/h9-15,25,33H,1-8H2,(H,34,40)(H,37,41). The summed E-state index contributed by atoms with van der Waals surface area (Å²) in [7, 11) is 0. The van der Waals surface area contributed by atoms with Crippen molar-refractivity contribution in [1.29, 1.82) is 0 Å². The van der Waals surface area contributed by atoms with E-state index >= 15 is 4.39 Å². The second-order valence-corrected chi connectivity index (χ2v) is 10.1. The van der Waals surface area contributed by atoms with Crippen LogP contribution in [-0.2, 0) is 15.7 Å². The van der Waals surface area contributed by atoms with Gasteiger partial charge < -0.3 is 34.9 Å². The first-order valence-corrected chi connectivity index (χ1v) is 13.6. The summed E-state index contributed by atoms with van der Waals surface area (Å²) in [6, 6.07) is 2.84. The van der Waals surface area contributed by atoms with E-state index in [0.29, 0.717) is 82.0 Å². The van der Waals surface area contributed by atoms with E-state index < -0.39 is 40.7 Å². The van der Waals surface area contributed by atoms with Gasteiger partial charge in [-0.15, -0.1) is 0 Å². The van der Waals surface area contributed by atoms with Gasteiger partial charge in [0, 0.05) is 86.0 Å². The zero-order valence-corrected chi connectivity index (χ0v) is 22.7. The number of pyridine rings is 1. The number of hydrogen-bond acceptors (Lipinski definition) is 9. The van der Waals surface area contributed by atoms with Gasteiger partial charge in [-0.2, -0.15) is 13.2 Å². The van der Waals surface area contributed by atoms with E-state index in [4.69, 9.17) is 9.47 Å². The van der Waals surface area contributed by atoms with Gasteiger partial charge in [0.2, 0.25) is 11.5 Å². The molecule has 1 atom stereocenters. The van der Waals surface area contributed by atoms with Crippen molar-refractivity contribution < 1.29 is 31.8 Å². The van der Waals surface area contributed by atoms with Crippen molar-refractivity contribution in [2.24, 2.45) is 0 Å². The number of H-pyrrole nitrogens is 1. The second-order valence-electron chi connectivity index (χ2n) is 10.1. The van der Waals surface area contributed by atoms with Crippen LogP contribution in [0.2, 0.25) is 0 Å². The first-order valence-electron chi connectivity index (χ1n) is 13.6. The average Bonchev–Trinajstić information content (AvgIpc) is 3.01. The number of ether oxygens (including phenoxy) is 2. The van der Waals surface area contributed by atoms with Crippen LogP contribution in [0.1, 0.15) is 27.6 Å². The van der Waals surface area contributed by atoms with Crippen LogP contribution < -0.4 is 21.1 Å². The minimum absolute atomic E-state index is 0.0218. The maximum Gasteiger partial charge on any atom is 0.417 e. The van der Waals surface area contributed by atoms with Gasteiger partial charge >= 0.3 is 6.18 Å². The number of nitrogens with one attached hydrogen (secondary N) is 3. The summed E-state index contributed by atoms with van der Waals surface area (Å²) in [5.41, 5.74) is -1.97. The molecule has 1 aromatic carbocycles. The number of rotatable bonds is 5. The van der Waals surface area contributed by atoms with Gasteiger partial charge in [-0.1, -0.05) is 0 Å². The fourth-order valence-electron chi connectivity index (χ4n) is 5.30. The molecule has 0 saturated carbocycles. The topological polar surface area (TPSA) is 125 Å². The number of carbonyl (C=O) groups excluding carboxylic acids is 1. The summed E-state index contributed by atoms with van der Waals surface area (Å²) in [5, 5.41) is 5.65. The first-order chi connectivity index (χ1) is 20.7. The van der Waals surface area contributed by atoms with Crippen LogP contribution in [0.3, 0.4) is 0 Å². The minimum Gasteiger partial charge on any atom is -0.388 e. The first kappa shape index (κ1) is 28.6. The molecule has 11 nitrogen and oxygen atoms in total. The number of anilines is 2. The highest BCUT2D eigenvalue weighted by molar-refractivity contribution is 6.06. The van der Waals surface area contributed by atoms with Gasteiger partial charge in [0.05, 0.1) is 36.6 Å². The van der Waals surface area contributed by atoms with E-state index in [1.165, 1.54) is 24.5 Å². The third kappa shape index (κ3) is 5.90. The maximum absolute atomic E-state index is 15.8. The highest BCUT2D eigenvalue weighted by Crippen LogP contribution is 2.40. The average molecular weight is 602 g/mol. The number of amides is 1. The van der Waals surface area contributed by atoms with Crippen molar-refractivity contribution in [3.8, 4) is 11.1 Å². The van der Waals surface area contributed by atoms with E-state index in [-0.39, 0.29) is 16.8 Å². The molecule has 5 heterocycles. The summed E-state index contributed by atoms with van der Waals surface area (Å²) in [4.78, 5) is 39.8. The smallest absolute Gasteiger partial charge is 0.388 e. The Labute approximate surface area is 242 Å². The van der Waals surface area contributed by atoms with Crippen molar-refractivity contribution >= 4 is 17.5 Å². The number of fused-ring (bicyclic) bond motifs is 1. The summed E-state index contributed by atoms with van der Waals surface area (Å²) in [6.45, 7) is 4.55. The number of carbonyl (C=O) groups is 1. The fraction of sp³-hybridized carbons (Fsp3) is 0.357. The van der Waals surface area contributed by atoms with Gasteiger partial charge in [0.25, 0.3) is 5.91 Å². The van der Waals surface area contributed by atoms with Crippen LogP contribution in [0.15, 0.2) is 53.5 Å². The monoisotopic (exact) mass is 601 g/mol. The predicted octanol–water partition coefficient (Wildman–Crippen LogP) is 2.90. The van der Waals surface area contributed by atoms with Crippen molar-refractivity contribution in [2.45, 2.75) is 12.3 Å². The Balaban J connectivity index is 1.41. The number of halogens is 4. The molecule has 2 saturated heterocycles. The number of morpholine rings is 2. The van der Waals surface area contributed by atoms with Crippen molar-refractivity contribution in [3.63, 3.8) is 0 Å². The SMILES string of the molecule is O=C(Nc1cc(-c2cnc(N3CCOCC3)nc2)c(F)cc1C1OCCN2CCNC=C12)c1c[nH]c(=O)cc1C(F)(F)F. The number of nitrogens with zero attached hydrogens (tertiary/aromatic N) is 4. The normalized spacial score (nSPS) is 18.9. The Hall–Kier alpha value is -4.50. The van der Waals surface area contributed by atoms with Gasteiger partial charge in [-0.05, 0) is 12.1 Å². The summed E-state index contributed by atoms with van der Waals surface area (Å²) in [6.07, 6.45) is -0.460. The van der Waals surface area contributed by atoms with Crippen molar-refractivity contribution in [1.82, 2.24) is 25.2 Å². The number of aromatic amines is 1. The van der Waals surface area contributed by atoms with E-state index in [1.54, 1.807) is 6.20 Å². The van der Waals surface area contributed by atoms with E-state index in [1.807, 2.05) is 4.90 Å². The van der Waals surface area contributed by atoms with Gasteiger partial charge in [-0.25, -0.2) is 14.4 Å². The molecule has 1 unspecified atom stereocenters. The lowest BCUT2D eigenvalue weighted by Crippen LogP contribution is -2.43. The zero-order valence-electron chi connectivity index (χ0n) is 22.7. The fourth-order valence-corrected chi connectivity index (χ4v) is 5.30. The van der Waals surface area contributed by atoms with E-state index in [0.717, 1.165) is 0 Å². The Bertz CT molecular complexity index is 1600. The second kappa shape index (κ2) is 11.6. The molecular formula is C28H27F4N7O4. The molecule has 0 aliphatic carbocycles. The number of alkyl halides is 3. The van der Waals surface area contributed by atoms with Crippen molar-refractivity contribution in [2.75, 3.05) is 62.8 Å². The van der Waals surface area contributed by atoms with Crippen LogP contribution in [-0.4, -0.2) is 78.3 Å². The summed E-state index contributed by atoms with van der Waals surface area (Å²) < 4.78 is 68.4.